The van der Waals surface area contributed by atoms with E-state index in [1.807, 2.05) is 18.4 Å². The van der Waals surface area contributed by atoms with Crippen molar-refractivity contribution < 1.29 is 0 Å². The first kappa shape index (κ1) is 13.3. The van der Waals surface area contributed by atoms with Crippen LogP contribution in [-0.2, 0) is 6.42 Å². The molecule has 0 aliphatic rings. The minimum atomic E-state index is 0.322. The lowest BCUT2D eigenvalue weighted by Crippen LogP contribution is -2.16. The predicted octanol–water partition coefficient (Wildman–Crippen LogP) is 4.75. The van der Waals surface area contributed by atoms with Crippen molar-refractivity contribution in [3.8, 4) is 0 Å². The molecule has 1 N–H and O–H groups in total. The Balaban J connectivity index is 2.36. The Labute approximate surface area is 119 Å². The SMILES string of the molecule is CCc1ccc(C(NC)c2cc(Br)sc2C)s1. The Kier molecular flexibility index (Phi) is 4.42. The highest BCUT2D eigenvalue weighted by Gasteiger charge is 2.18. The van der Waals surface area contributed by atoms with Crippen LogP contribution in [0.15, 0.2) is 22.0 Å². The third-order valence-electron chi connectivity index (χ3n) is 2.84. The van der Waals surface area contributed by atoms with Crippen LogP contribution in [0, 0.1) is 6.92 Å². The van der Waals surface area contributed by atoms with E-state index in [4.69, 9.17) is 0 Å². The average Bonchev–Trinajstić information content (AvgIpc) is 2.88. The first-order valence-electron chi connectivity index (χ1n) is 5.67. The van der Waals surface area contributed by atoms with Gasteiger partial charge < -0.3 is 5.32 Å². The van der Waals surface area contributed by atoms with Gasteiger partial charge in [-0.2, -0.15) is 0 Å². The number of halogens is 1. The number of hydrogen-bond acceptors (Lipinski definition) is 3. The smallest absolute Gasteiger partial charge is 0.0704 e. The molecule has 17 heavy (non-hydrogen) atoms. The van der Waals surface area contributed by atoms with Crippen LogP contribution in [0.5, 0.6) is 0 Å². The molecule has 0 bridgehead atoms. The topological polar surface area (TPSA) is 12.0 Å². The molecule has 2 rings (SSSR count). The second-order valence-electron chi connectivity index (χ2n) is 3.94. The van der Waals surface area contributed by atoms with E-state index in [9.17, 15) is 0 Å². The molecule has 0 fully saturated rings. The summed E-state index contributed by atoms with van der Waals surface area (Å²) in [7, 11) is 2.03. The van der Waals surface area contributed by atoms with Crippen molar-refractivity contribution in [2.75, 3.05) is 7.05 Å². The van der Waals surface area contributed by atoms with Crippen molar-refractivity contribution in [1.82, 2.24) is 5.32 Å². The van der Waals surface area contributed by atoms with Crippen LogP contribution in [0.3, 0.4) is 0 Å². The summed E-state index contributed by atoms with van der Waals surface area (Å²) in [5.41, 5.74) is 1.38. The molecule has 1 atom stereocenters. The molecule has 2 aromatic rings. The minimum Gasteiger partial charge on any atom is -0.309 e. The van der Waals surface area contributed by atoms with Crippen molar-refractivity contribution >= 4 is 38.6 Å². The van der Waals surface area contributed by atoms with E-state index in [1.165, 1.54) is 24.0 Å². The molecule has 0 spiro atoms. The minimum absolute atomic E-state index is 0.322. The van der Waals surface area contributed by atoms with Gasteiger partial charge >= 0.3 is 0 Å². The van der Waals surface area contributed by atoms with Gasteiger partial charge in [0, 0.05) is 14.6 Å². The summed E-state index contributed by atoms with van der Waals surface area (Å²) in [6.45, 7) is 4.39. The summed E-state index contributed by atoms with van der Waals surface area (Å²) >= 11 is 7.27. The Morgan fingerprint density at radius 2 is 2.12 bits per heavy atom. The molecule has 1 unspecified atom stereocenters. The Hall–Kier alpha value is -0.160. The maximum atomic E-state index is 3.57. The van der Waals surface area contributed by atoms with Gasteiger partial charge in [-0.1, -0.05) is 6.92 Å². The highest BCUT2D eigenvalue weighted by atomic mass is 79.9. The number of aryl methyl sites for hydroxylation is 2. The molecule has 0 radical (unpaired) electrons. The summed E-state index contributed by atoms with van der Waals surface area (Å²) in [6.07, 6.45) is 1.12. The second-order valence-corrected chi connectivity index (χ2v) is 7.78. The summed E-state index contributed by atoms with van der Waals surface area (Å²) in [5, 5.41) is 3.42. The highest BCUT2D eigenvalue weighted by molar-refractivity contribution is 9.11. The van der Waals surface area contributed by atoms with Crippen LogP contribution in [-0.4, -0.2) is 7.05 Å². The average molecular weight is 330 g/mol. The van der Waals surface area contributed by atoms with Crippen LogP contribution in [0.4, 0.5) is 0 Å². The summed E-state index contributed by atoms with van der Waals surface area (Å²) in [5.74, 6) is 0. The Bertz CT molecular complexity index is 501. The number of nitrogens with one attached hydrogen (secondary N) is 1. The molecule has 0 aromatic carbocycles. The van der Waals surface area contributed by atoms with Gasteiger partial charge in [-0.15, -0.1) is 22.7 Å². The van der Waals surface area contributed by atoms with Crippen LogP contribution in [0.25, 0.3) is 0 Å². The van der Waals surface area contributed by atoms with Gasteiger partial charge in [-0.05, 0) is 60.1 Å². The molecule has 92 valence electrons. The molecular weight excluding hydrogens is 314 g/mol. The van der Waals surface area contributed by atoms with Crippen LogP contribution >= 0.6 is 38.6 Å². The number of thiophene rings is 2. The van der Waals surface area contributed by atoms with E-state index < -0.39 is 0 Å². The first-order valence-corrected chi connectivity index (χ1v) is 8.10. The van der Waals surface area contributed by atoms with Gasteiger partial charge in [0.05, 0.1) is 9.83 Å². The molecule has 1 nitrogen and oxygen atoms in total. The zero-order chi connectivity index (χ0) is 12.4. The molecule has 2 heterocycles. The normalized spacial score (nSPS) is 12.9. The second kappa shape index (κ2) is 5.65. The van der Waals surface area contributed by atoms with Gasteiger partial charge in [0.15, 0.2) is 0 Å². The standard InChI is InChI=1S/C13H16BrNS2/c1-4-9-5-6-11(17-9)13(15-3)10-7-12(14)16-8(10)2/h5-7,13,15H,4H2,1-3H3. The number of hydrogen-bond donors (Lipinski definition) is 1. The van der Waals surface area contributed by atoms with E-state index >= 15 is 0 Å². The zero-order valence-corrected chi connectivity index (χ0v) is 13.4. The first-order chi connectivity index (χ1) is 8.15. The fraction of sp³-hybridized carbons (Fsp3) is 0.385. The zero-order valence-electron chi connectivity index (χ0n) is 10.2. The molecule has 4 heteroatoms. The van der Waals surface area contributed by atoms with Crippen molar-refractivity contribution in [2.45, 2.75) is 26.3 Å². The van der Waals surface area contributed by atoms with Crippen molar-refractivity contribution in [2.24, 2.45) is 0 Å². The van der Waals surface area contributed by atoms with Crippen molar-refractivity contribution in [3.05, 3.63) is 42.2 Å². The fourth-order valence-electron chi connectivity index (χ4n) is 1.94. The van der Waals surface area contributed by atoms with E-state index in [2.05, 4.69) is 53.3 Å². The van der Waals surface area contributed by atoms with Crippen molar-refractivity contribution in [1.29, 1.82) is 0 Å². The monoisotopic (exact) mass is 329 g/mol. The quantitative estimate of drug-likeness (QED) is 0.853. The molecular formula is C13H16BrNS2. The maximum Gasteiger partial charge on any atom is 0.0704 e. The molecule has 0 amide bonds. The lowest BCUT2D eigenvalue weighted by atomic mass is 10.1. The van der Waals surface area contributed by atoms with E-state index in [1.54, 1.807) is 11.3 Å². The van der Waals surface area contributed by atoms with Crippen LogP contribution < -0.4 is 5.32 Å². The molecule has 2 aromatic heterocycles. The fourth-order valence-corrected chi connectivity index (χ4v) is 4.77. The molecule has 0 saturated carbocycles. The van der Waals surface area contributed by atoms with Crippen LogP contribution in [0.2, 0.25) is 0 Å². The Morgan fingerprint density at radius 3 is 2.59 bits per heavy atom. The van der Waals surface area contributed by atoms with Gasteiger partial charge in [-0.3, -0.25) is 0 Å². The van der Waals surface area contributed by atoms with Gasteiger partial charge in [0.1, 0.15) is 0 Å². The van der Waals surface area contributed by atoms with Crippen LogP contribution in [0.1, 0.15) is 33.2 Å². The van der Waals surface area contributed by atoms with Crippen molar-refractivity contribution in [3.63, 3.8) is 0 Å². The third kappa shape index (κ3) is 2.81. The van der Waals surface area contributed by atoms with E-state index in [0.717, 1.165) is 6.42 Å². The van der Waals surface area contributed by atoms with Gasteiger partial charge in [0.2, 0.25) is 0 Å². The summed E-state index contributed by atoms with van der Waals surface area (Å²) in [6, 6.07) is 7.03. The van der Waals surface area contributed by atoms with Gasteiger partial charge in [0.25, 0.3) is 0 Å². The largest absolute Gasteiger partial charge is 0.309 e. The Morgan fingerprint density at radius 1 is 1.35 bits per heavy atom. The van der Waals surface area contributed by atoms with E-state index in [0.29, 0.717) is 6.04 Å². The summed E-state index contributed by atoms with van der Waals surface area (Å²) < 4.78 is 1.21. The van der Waals surface area contributed by atoms with Gasteiger partial charge in [-0.25, -0.2) is 0 Å². The lowest BCUT2D eigenvalue weighted by Gasteiger charge is -2.14. The van der Waals surface area contributed by atoms with E-state index in [-0.39, 0.29) is 0 Å². The third-order valence-corrected chi connectivity index (χ3v) is 5.70. The predicted molar refractivity (Wildman–Crippen MR) is 81.4 cm³/mol. The number of rotatable bonds is 4. The molecule has 0 aliphatic heterocycles. The molecule has 0 saturated heterocycles. The highest BCUT2D eigenvalue weighted by Crippen LogP contribution is 2.35. The maximum absolute atomic E-state index is 3.57. The summed E-state index contributed by atoms with van der Waals surface area (Å²) in [4.78, 5) is 4.23. The molecule has 0 aliphatic carbocycles. The lowest BCUT2D eigenvalue weighted by molar-refractivity contribution is 0.703.